The molecule has 0 spiro atoms. The molecule has 0 bridgehead atoms. The van der Waals surface area contributed by atoms with Gasteiger partial charge in [-0.3, -0.25) is 4.79 Å². The Balaban J connectivity index is 3.68. The van der Waals surface area contributed by atoms with Gasteiger partial charge in [-0.1, -0.05) is 13.5 Å². The SMILES string of the molecule is C=COCCCNC(=O)C(C)(C)NCC. The Morgan fingerprint density at radius 1 is 1.53 bits per heavy atom. The van der Waals surface area contributed by atoms with Crippen LogP contribution in [0.3, 0.4) is 0 Å². The fraction of sp³-hybridized carbons (Fsp3) is 0.727. The van der Waals surface area contributed by atoms with Crippen molar-refractivity contribution in [1.82, 2.24) is 10.6 Å². The van der Waals surface area contributed by atoms with E-state index in [0.717, 1.165) is 13.0 Å². The number of hydrogen-bond donors (Lipinski definition) is 2. The van der Waals surface area contributed by atoms with E-state index in [1.165, 1.54) is 6.26 Å². The Morgan fingerprint density at radius 2 is 2.20 bits per heavy atom. The standard InChI is InChI=1S/C11H22N2O2/c1-5-13-11(3,4)10(14)12-8-7-9-15-6-2/h6,13H,2,5,7-9H2,1,3-4H3,(H,12,14). The van der Waals surface area contributed by atoms with Crippen molar-refractivity contribution >= 4 is 5.91 Å². The number of likely N-dealkylation sites (N-methyl/N-ethyl adjacent to an activating group) is 1. The zero-order chi connectivity index (χ0) is 11.7. The van der Waals surface area contributed by atoms with Gasteiger partial charge in [-0.15, -0.1) is 0 Å². The minimum atomic E-state index is -0.506. The second-order valence-corrected chi connectivity index (χ2v) is 3.80. The van der Waals surface area contributed by atoms with Crippen LogP contribution in [0.25, 0.3) is 0 Å². The van der Waals surface area contributed by atoms with Gasteiger partial charge in [0.2, 0.25) is 5.91 Å². The van der Waals surface area contributed by atoms with E-state index in [-0.39, 0.29) is 5.91 Å². The molecule has 0 fully saturated rings. The summed E-state index contributed by atoms with van der Waals surface area (Å²) in [7, 11) is 0. The van der Waals surface area contributed by atoms with Gasteiger partial charge in [-0.2, -0.15) is 0 Å². The Labute approximate surface area is 92.1 Å². The van der Waals surface area contributed by atoms with E-state index < -0.39 is 5.54 Å². The lowest BCUT2D eigenvalue weighted by Crippen LogP contribution is -2.52. The van der Waals surface area contributed by atoms with E-state index in [0.29, 0.717) is 13.2 Å². The molecule has 0 aliphatic heterocycles. The quantitative estimate of drug-likeness (QED) is 0.469. The maximum absolute atomic E-state index is 11.7. The van der Waals surface area contributed by atoms with Crippen LogP contribution in [0.15, 0.2) is 12.8 Å². The maximum atomic E-state index is 11.7. The third-order valence-electron chi connectivity index (χ3n) is 2.03. The zero-order valence-electron chi connectivity index (χ0n) is 9.93. The topological polar surface area (TPSA) is 50.4 Å². The highest BCUT2D eigenvalue weighted by Crippen LogP contribution is 2.00. The Bertz CT molecular complexity index is 203. The fourth-order valence-corrected chi connectivity index (χ4v) is 1.18. The average molecular weight is 214 g/mol. The van der Waals surface area contributed by atoms with Crippen molar-refractivity contribution in [1.29, 1.82) is 0 Å². The van der Waals surface area contributed by atoms with Gasteiger partial charge in [0.05, 0.1) is 18.4 Å². The van der Waals surface area contributed by atoms with Crippen LogP contribution in [0.5, 0.6) is 0 Å². The van der Waals surface area contributed by atoms with E-state index >= 15 is 0 Å². The number of rotatable bonds is 8. The van der Waals surface area contributed by atoms with Crippen LogP contribution in [0.2, 0.25) is 0 Å². The van der Waals surface area contributed by atoms with Crippen molar-refractivity contribution in [3.63, 3.8) is 0 Å². The van der Waals surface area contributed by atoms with Gasteiger partial charge < -0.3 is 15.4 Å². The Kier molecular flexibility index (Phi) is 6.79. The smallest absolute Gasteiger partial charge is 0.239 e. The molecule has 0 saturated carbocycles. The third-order valence-corrected chi connectivity index (χ3v) is 2.03. The summed E-state index contributed by atoms with van der Waals surface area (Å²) in [6.45, 7) is 11.1. The summed E-state index contributed by atoms with van der Waals surface area (Å²) in [5.41, 5.74) is -0.506. The predicted molar refractivity (Wildman–Crippen MR) is 61.5 cm³/mol. The molecule has 0 aromatic carbocycles. The molecular formula is C11H22N2O2. The first kappa shape index (κ1) is 14.0. The molecule has 4 nitrogen and oxygen atoms in total. The summed E-state index contributed by atoms with van der Waals surface area (Å²) in [6, 6.07) is 0. The molecule has 88 valence electrons. The fourth-order valence-electron chi connectivity index (χ4n) is 1.18. The maximum Gasteiger partial charge on any atom is 0.239 e. The lowest BCUT2D eigenvalue weighted by molar-refractivity contribution is -0.126. The zero-order valence-corrected chi connectivity index (χ0v) is 9.93. The lowest BCUT2D eigenvalue weighted by atomic mass is 10.0. The molecule has 15 heavy (non-hydrogen) atoms. The second kappa shape index (κ2) is 7.29. The molecule has 2 N–H and O–H groups in total. The molecule has 1 amide bonds. The number of carbonyl (C=O) groups excluding carboxylic acids is 1. The number of hydrogen-bond acceptors (Lipinski definition) is 3. The molecule has 0 atom stereocenters. The third kappa shape index (κ3) is 6.12. The van der Waals surface area contributed by atoms with E-state index in [4.69, 9.17) is 4.74 Å². The molecule has 4 heteroatoms. The summed E-state index contributed by atoms with van der Waals surface area (Å²) < 4.78 is 4.95. The van der Waals surface area contributed by atoms with Gasteiger partial charge in [0.25, 0.3) is 0 Å². The monoisotopic (exact) mass is 214 g/mol. The highest BCUT2D eigenvalue weighted by atomic mass is 16.5. The first-order chi connectivity index (χ1) is 7.04. The Morgan fingerprint density at radius 3 is 2.73 bits per heavy atom. The van der Waals surface area contributed by atoms with E-state index in [1.807, 2.05) is 20.8 Å². The molecule has 0 aromatic rings. The van der Waals surface area contributed by atoms with Crippen LogP contribution in [0.4, 0.5) is 0 Å². The van der Waals surface area contributed by atoms with Gasteiger partial charge in [0.1, 0.15) is 0 Å². The summed E-state index contributed by atoms with van der Waals surface area (Å²) in [5, 5.41) is 5.97. The molecular weight excluding hydrogens is 192 g/mol. The largest absolute Gasteiger partial charge is 0.502 e. The summed E-state index contributed by atoms with van der Waals surface area (Å²) >= 11 is 0. The van der Waals surface area contributed by atoms with Gasteiger partial charge in [-0.05, 0) is 26.8 Å². The molecule has 0 aliphatic rings. The van der Waals surface area contributed by atoms with Gasteiger partial charge >= 0.3 is 0 Å². The number of amides is 1. The van der Waals surface area contributed by atoms with Crippen LogP contribution in [-0.2, 0) is 9.53 Å². The van der Waals surface area contributed by atoms with Crippen LogP contribution < -0.4 is 10.6 Å². The summed E-state index contributed by atoms with van der Waals surface area (Å²) in [6.07, 6.45) is 2.20. The molecule has 0 unspecified atom stereocenters. The van der Waals surface area contributed by atoms with Crippen LogP contribution in [-0.4, -0.2) is 31.1 Å². The van der Waals surface area contributed by atoms with Crippen molar-refractivity contribution < 1.29 is 9.53 Å². The highest BCUT2D eigenvalue weighted by Gasteiger charge is 2.25. The minimum Gasteiger partial charge on any atom is -0.502 e. The number of carbonyl (C=O) groups is 1. The molecule has 0 aromatic heterocycles. The first-order valence-electron chi connectivity index (χ1n) is 5.30. The van der Waals surface area contributed by atoms with E-state index in [1.54, 1.807) is 0 Å². The lowest BCUT2D eigenvalue weighted by Gasteiger charge is -2.24. The summed E-state index contributed by atoms with van der Waals surface area (Å²) in [5.74, 6) is 0.0166. The van der Waals surface area contributed by atoms with E-state index in [9.17, 15) is 4.79 Å². The summed E-state index contributed by atoms with van der Waals surface area (Å²) in [4.78, 5) is 11.7. The molecule has 0 heterocycles. The minimum absolute atomic E-state index is 0.0166. The molecule has 0 rings (SSSR count). The van der Waals surface area contributed by atoms with Crippen molar-refractivity contribution in [3.8, 4) is 0 Å². The Hall–Kier alpha value is -1.03. The van der Waals surface area contributed by atoms with Crippen molar-refractivity contribution in [2.24, 2.45) is 0 Å². The molecule has 0 saturated heterocycles. The van der Waals surface area contributed by atoms with Crippen molar-refractivity contribution in [2.75, 3.05) is 19.7 Å². The predicted octanol–water partition coefficient (Wildman–Crippen LogP) is 1.04. The van der Waals surface area contributed by atoms with E-state index in [2.05, 4.69) is 17.2 Å². The van der Waals surface area contributed by atoms with Crippen LogP contribution in [0, 0.1) is 0 Å². The normalized spacial score (nSPS) is 10.9. The molecule has 0 radical (unpaired) electrons. The van der Waals surface area contributed by atoms with Crippen LogP contribution >= 0.6 is 0 Å². The van der Waals surface area contributed by atoms with Gasteiger partial charge in [-0.25, -0.2) is 0 Å². The van der Waals surface area contributed by atoms with Gasteiger partial charge in [0, 0.05) is 6.54 Å². The number of ether oxygens (including phenoxy) is 1. The first-order valence-corrected chi connectivity index (χ1v) is 5.30. The average Bonchev–Trinajstić information content (AvgIpc) is 2.17. The highest BCUT2D eigenvalue weighted by molar-refractivity contribution is 5.85. The van der Waals surface area contributed by atoms with Crippen LogP contribution in [0.1, 0.15) is 27.2 Å². The van der Waals surface area contributed by atoms with Crippen molar-refractivity contribution in [2.45, 2.75) is 32.7 Å². The second-order valence-electron chi connectivity index (χ2n) is 3.80. The number of nitrogens with one attached hydrogen (secondary N) is 2. The van der Waals surface area contributed by atoms with Crippen molar-refractivity contribution in [3.05, 3.63) is 12.8 Å². The molecule has 0 aliphatic carbocycles. The van der Waals surface area contributed by atoms with Gasteiger partial charge in [0.15, 0.2) is 0 Å².